The van der Waals surface area contributed by atoms with Gasteiger partial charge in [-0.1, -0.05) is 32.9 Å². The molecule has 0 atom stereocenters. The second-order valence-electron chi connectivity index (χ2n) is 5.10. The maximum absolute atomic E-state index is 5.96. The van der Waals surface area contributed by atoms with Gasteiger partial charge in [0.05, 0.1) is 12.5 Å². The van der Waals surface area contributed by atoms with Crippen molar-refractivity contribution in [1.82, 2.24) is 0 Å². The summed E-state index contributed by atoms with van der Waals surface area (Å²) in [5.41, 5.74) is 2.46. The maximum Gasteiger partial charge on any atom is 0.123 e. The van der Waals surface area contributed by atoms with Crippen LogP contribution in [0.1, 0.15) is 38.3 Å². The first kappa shape index (κ1) is 14.7. The topological polar surface area (TPSA) is 9.23 Å². The fraction of sp³-hybridized carbons (Fsp3) is 0.571. The molecule has 17 heavy (non-hydrogen) atoms. The largest absolute Gasteiger partial charge is 0.493 e. The van der Waals surface area contributed by atoms with Crippen LogP contribution in [0, 0.1) is 0 Å². The number of halogens is 2. The van der Waals surface area contributed by atoms with Crippen LogP contribution in [0.4, 0.5) is 0 Å². The lowest BCUT2D eigenvalue weighted by Gasteiger charge is -2.21. The van der Waals surface area contributed by atoms with Crippen molar-refractivity contribution in [2.75, 3.05) is 12.5 Å². The predicted octanol–water partition coefficient (Wildman–Crippen LogP) is 4.73. The van der Waals surface area contributed by atoms with Gasteiger partial charge >= 0.3 is 0 Å². The zero-order valence-corrected chi connectivity index (χ0v) is 12.2. The fourth-order valence-corrected chi connectivity index (χ4v) is 1.85. The standard InChI is InChI=1S/C14H20Cl2O/c1-14(2,3)12-5-6-13(11(9-12)10-16)17-8-4-7-15/h5-6,9H,4,7-8,10H2,1-3H3. The molecule has 0 heterocycles. The van der Waals surface area contributed by atoms with E-state index in [2.05, 4.69) is 32.9 Å². The van der Waals surface area contributed by atoms with E-state index < -0.39 is 0 Å². The molecule has 0 radical (unpaired) electrons. The Balaban J connectivity index is 2.86. The summed E-state index contributed by atoms with van der Waals surface area (Å²) in [5.74, 6) is 1.97. The first-order chi connectivity index (χ1) is 7.99. The van der Waals surface area contributed by atoms with Crippen LogP contribution < -0.4 is 4.74 Å². The van der Waals surface area contributed by atoms with Crippen LogP contribution in [0.3, 0.4) is 0 Å². The molecule has 0 saturated carbocycles. The van der Waals surface area contributed by atoms with Gasteiger partial charge in [-0.3, -0.25) is 0 Å². The summed E-state index contributed by atoms with van der Waals surface area (Å²) < 4.78 is 5.67. The molecule has 1 rings (SSSR count). The van der Waals surface area contributed by atoms with Crippen molar-refractivity contribution < 1.29 is 4.74 Å². The number of alkyl halides is 2. The molecule has 0 spiro atoms. The predicted molar refractivity (Wildman–Crippen MR) is 75.5 cm³/mol. The Labute approximate surface area is 114 Å². The van der Waals surface area contributed by atoms with E-state index in [0.717, 1.165) is 17.7 Å². The fourth-order valence-electron chi connectivity index (χ4n) is 1.53. The summed E-state index contributed by atoms with van der Waals surface area (Å²) in [4.78, 5) is 0. The van der Waals surface area contributed by atoms with Crippen molar-refractivity contribution >= 4 is 23.2 Å². The number of hydrogen-bond acceptors (Lipinski definition) is 1. The molecule has 0 N–H and O–H groups in total. The van der Waals surface area contributed by atoms with Crippen LogP contribution in [0.15, 0.2) is 18.2 Å². The van der Waals surface area contributed by atoms with Crippen molar-refractivity contribution in [2.45, 2.75) is 38.5 Å². The minimum Gasteiger partial charge on any atom is -0.493 e. The second-order valence-corrected chi connectivity index (χ2v) is 5.74. The minimum atomic E-state index is 0.134. The molecule has 1 aromatic rings. The summed E-state index contributed by atoms with van der Waals surface area (Å²) in [6.07, 6.45) is 0.851. The Morgan fingerprint density at radius 2 is 1.88 bits per heavy atom. The molecule has 96 valence electrons. The molecule has 1 aromatic carbocycles. The van der Waals surface area contributed by atoms with Gasteiger partial charge in [-0.15, -0.1) is 23.2 Å². The highest BCUT2D eigenvalue weighted by molar-refractivity contribution is 6.17. The van der Waals surface area contributed by atoms with Gasteiger partial charge in [0.15, 0.2) is 0 Å². The Kier molecular flexibility index (Phi) is 5.61. The first-order valence-corrected chi connectivity index (χ1v) is 6.94. The van der Waals surface area contributed by atoms with Crippen LogP contribution in [0.5, 0.6) is 5.75 Å². The number of benzene rings is 1. The molecule has 0 aliphatic carbocycles. The van der Waals surface area contributed by atoms with Gasteiger partial charge < -0.3 is 4.74 Å². The lowest BCUT2D eigenvalue weighted by atomic mass is 9.86. The Morgan fingerprint density at radius 1 is 1.18 bits per heavy atom. The maximum atomic E-state index is 5.96. The molecular weight excluding hydrogens is 255 g/mol. The van der Waals surface area contributed by atoms with Crippen LogP contribution >= 0.6 is 23.2 Å². The number of ether oxygens (including phenoxy) is 1. The summed E-state index contributed by atoms with van der Waals surface area (Å²) >= 11 is 11.6. The van der Waals surface area contributed by atoms with Gasteiger partial charge in [0.1, 0.15) is 5.75 Å². The lowest BCUT2D eigenvalue weighted by molar-refractivity contribution is 0.315. The third-order valence-electron chi connectivity index (χ3n) is 2.61. The molecular formula is C14H20Cl2O. The molecule has 0 bridgehead atoms. The van der Waals surface area contributed by atoms with Gasteiger partial charge in [0, 0.05) is 11.4 Å². The molecule has 0 aliphatic heterocycles. The summed E-state index contributed by atoms with van der Waals surface area (Å²) in [5, 5.41) is 0. The Hall–Kier alpha value is -0.400. The van der Waals surface area contributed by atoms with Gasteiger partial charge in [0.25, 0.3) is 0 Å². The highest BCUT2D eigenvalue weighted by Crippen LogP contribution is 2.29. The SMILES string of the molecule is CC(C)(C)c1ccc(OCCCCl)c(CCl)c1. The zero-order chi connectivity index (χ0) is 12.9. The zero-order valence-electron chi connectivity index (χ0n) is 10.7. The monoisotopic (exact) mass is 274 g/mol. The lowest BCUT2D eigenvalue weighted by Crippen LogP contribution is -2.11. The summed E-state index contributed by atoms with van der Waals surface area (Å²) in [6, 6.07) is 6.24. The highest BCUT2D eigenvalue weighted by Gasteiger charge is 2.15. The second kappa shape index (κ2) is 6.51. The number of hydrogen-bond donors (Lipinski definition) is 0. The molecule has 0 unspecified atom stereocenters. The molecule has 0 fully saturated rings. The van der Waals surface area contributed by atoms with E-state index >= 15 is 0 Å². The third-order valence-corrected chi connectivity index (χ3v) is 3.16. The first-order valence-electron chi connectivity index (χ1n) is 5.87. The summed E-state index contributed by atoms with van der Waals surface area (Å²) in [7, 11) is 0. The van der Waals surface area contributed by atoms with Gasteiger partial charge in [0.2, 0.25) is 0 Å². The van der Waals surface area contributed by atoms with Gasteiger partial charge in [-0.25, -0.2) is 0 Å². The molecule has 0 aliphatic rings. The van der Waals surface area contributed by atoms with Gasteiger partial charge in [-0.2, -0.15) is 0 Å². The van der Waals surface area contributed by atoms with Crippen molar-refractivity contribution in [1.29, 1.82) is 0 Å². The minimum absolute atomic E-state index is 0.134. The van der Waals surface area contributed by atoms with Crippen molar-refractivity contribution in [3.8, 4) is 5.75 Å². The summed E-state index contributed by atoms with van der Waals surface area (Å²) in [6.45, 7) is 7.21. The Morgan fingerprint density at radius 3 is 2.41 bits per heavy atom. The van der Waals surface area contributed by atoms with Crippen molar-refractivity contribution in [3.05, 3.63) is 29.3 Å². The normalized spacial score (nSPS) is 11.6. The van der Waals surface area contributed by atoms with E-state index in [-0.39, 0.29) is 5.41 Å². The van der Waals surface area contributed by atoms with E-state index in [1.165, 1.54) is 5.56 Å². The molecule has 0 aromatic heterocycles. The molecule has 0 saturated heterocycles. The molecule has 1 nitrogen and oxygen atoms in total. The number of rotatable bonds is 5. The van der Waals surface area contributed by atoms with E-state index in [1.54, 1.807) is 0 Å². The smallest absolute Gasteiger partial charge is 0.123 e. The van der Waals surface area contributed by atoms with Crippen LogP contribution in [-0.2, 0) is 11.3 Å². The Bertz CT molecular complexity index is 356. The molecule has 3 heteroatoms. The van der Waals surface area contributed by atoms with Crippen molar-refractivity contribution in [2.24, 2.45) is 0 Å². The van der Waals surface area contributed by atoms with Crippen LogP contribution in [0.25, 0.3) is 0 Å². The average Bonchev–Trinajstić information content (AvgIpc) is 2.28. The van der Waals surface area contributed by atoms with Crippen molar-refractivity contribution in [3.63, 3.8) is 0 Å². The van der Waals surface area contributed by atoms with E-state index in [9.17, 15) is 0 Å². The van der Waals surface area contributed by atoms with Crippen LogP contribution in [-0.4, -0.2) is 12.5 Å². The third kappa shape index (κ3) is 4.40. The van der Waals surface area contributed by atoms with Crippen LogP contribution in [0.2, 0.25) is 0 Å². The highest BCUT2D eigenvalue weighted by atomic mass is 35.5. The van der Waals surface area contributed by atoms with E-state index in [4.69, 9.17) is 27.9 Å². The average molecular weight is 275 g/mol. The van der Waals surface area contributed by atoms with E-state index in [1.807, 2.05) is 6.07 Å². The van der Waals surface area contributed by atoms with E-state index in [0.29, 0.717) is 18.4 Å². The quantitative estimate of drug-likeness (QED) is 0.557. The van der Waals surface area contributed by atoms with Gasteiger partial charge in [-0.05, 0) is 23.5 Å². The molecule has 0 amide bonds.